The molecule has 2 N–H and O–H groups in total. The van der Waals surface area contributed by atoms with E-state index in [4.69, 9.17) is 9.63 Å². The number of rotatable bonds is 4. The van der Waals surface area contributed by atoms with Gasteiger partial charge in [0.2, 0.25) is 5.89 Å². The molecule has 0 bridgehead atoms. The topological polar surface area (TPSA) is 88.2 Å². The van der Waals surface area contributed by atoms with Crippen LogP contribution in [0.25, 0.3) is 0 Å². The van der Waals surface area contributed by atoms with Crippen LogP contribution in [0, 0.1) is 18.8 Å². The normalized spacial score (nSPS) is 9.81. The molecular weight excluding hydrogens is 270 g/mol. The van der Waals surface area contributed by atoms with Gasteiger partial charge >= 0.3 is 0 Å². The van der Waals surface area contributed by atoms with Crippen molar-refractivity contribution in [2.75, 3.05) is 13.2 Å². The van der Waals surface area contributed by atoms with Gasteiger partial charge in [-0.2, -0.15) is 4.98 Å². The highest BCUT2D eigenvalue weighted by molar-refractivity contribution is 5.96. The Balaban J connectivity index is 1.97. The van der Waals surface area contributed by atoms with Gasteiger partial charge < -0.3 is 14.9 Å². The molecule has 2 rings (SSSR count). The number of carbonyl (C=O) groups is 1. The van der Waals surface area contributed by atoms with Gasteiger partial charge in [-0.3, -0.25) is 4.79 Å². The average Bonchev–Trinajstić information content (AvgIpc) is 2.91. The van der Waals surface area contributed by atoms with Crippen LogP contribution in [0.3, 0.4) is 0 Å². The fourth-order valence-corrected chi connectivity index (χ4v) is 1.75. The Morgan fingerprint density at radius 3 is 2.95 bits per heavy atom. The van der Waals surface area contributed by atoms with Crippen molar-refractivity contribution in [2.24, 2.45) is 0 Å². The fourth-order valence-electron chi connectivity index (χ4n) is 1.75. The van der Waals surface area contributed by atoms with Crippen molar-refractivity contribution in [1.29, 1.82) is 0 Å². The van der Waals surface area contributed by atoms with Crippen LogP contribution in [0.2, 0.25) is 0 Å². The smallest absolute Gasteiger partial charge is 0.252 e. The summed E-state index contributed by atoms with van der Waals surface area (Å²) in [4.78, 5) is 16.2. The number of aromatic nitrogens is 2. The van der Waals surface area contributed by atoms with E-state index in [0.717, 1.165) is 0 Å². The summed E-state index contributed by atoms with van der Waals surface area (Å²) in [5.41, 5.74) is 1.06. The van der Waals surface area contributed by atoms with Crippen molar-refractivity contribution in [3.63, 3.8) is 0 Å². The fraction of sp³-hybridized carbons (Fsp3) is 0.267. The van der Waals surface area contributed by atoms with E-state index >= 15 is 0 Å². The SMILES string of the molecule is Cc1nc(CCNC(=O)c2ccccc2C#CCO)no1. The quantitative estimate of drug-likeness (QED) is 0.807. The molecule has 1 aromatic carbocycles. The first-order chi connectivity index (χ1) is 10.2. The van der Waals surface area contributed by atoms with Crippen molar-refractivity contribution in [3.8, 4) is 11.8 Å². The maximum Gasteiger partial charge on any atom is 0.252 e. The Morgan fingerprint density at radius 2 is 2.24 bits per heavy atom. The van der Waals surface area contributed by atoms with E-state index in [0.29, 0.717) is 35.8 Å². The number of hydrogen-bond acceptors (Lipinski definition) is 5. The molecule has 6 nitrogen and oxygen atoms in total. The lowest BCUT2D eigenvalue weighted by molar-refractivity contribution is 0.0953. The summed E-state index contributed by atoms with van der Waals surface area (Å²) in [7, 11) is 0. The Morgan fingerprint density at radius 1 is 1.43 bits per heavy atom. The molecule has 0 spiro atoms. The molecule has 0 unspecified atom stereocenters. The van der Waals surface area contributed by atoms with Crippen molar-refractivity contribution in [3.05, 3.63) is 47.1 Å². The summed E-state index contributed by atoms with van der Waals surface area (Å²) in [5.74, 6) is 6.13. The van der Waals surface area contributed by atoms with E-state index in [1.54, 1.807) is 31.2 Å². The zero-order valence-electron chi connectivity index (χ0n) is 11.6. The number of amides is 1. The van der Waals surface area contributed by atoms with Crippen LogP contribution < -0.4 is 5.32 Å². The third-order valence-corrected chi connectivity index (χ3v) is 2.68. The molecule has 6 heteroatoms. The molecule has 1 heterocycles. The minimum atomic E-state index is -0.243. The summed E-state index contributed by atoms with van der Waals surface area (Å²) in [6.45, 7) is 1.87. The summed E-state index contributed by atoms with van der Waals surface area (Å²) in [5, 5.41) is 15.3. The van der Waals surface area contributed by atoms with Crippen molar-refractivity contribution >= 4 is 5.91 Å². The molecular formula is C15H15N3O3. The maximum absolute atomic E-state index is 12.1. The molecule has 0 aliphatic heterocycles. The van der Waals surface area contributed by atoms with Crippen molar-refractivity contribution < 1.29 is 14.4 Å². The first kappa shape index (κ1) is 14.8. The first-order valence-corrected chi connectivity index (χ1v) is 6.47. The van der Waals surface area contributed by atoms with Crippen LogP contribution >= 0.6 is 0 Å². The molecule has 0 radical (unpaired) electrons. The third kappa shape index (κ3) is 4.16. The average molecular weight is 285 g/mol. The number of aryl methyl sites for hydroxylation is 1. The molecule has 0 aliphatic carbocycles. The highest BCUT2D eigenvalue weighted by Crippen LogP contribution is 2.07. The molecule has 1 aromatic heterocycles. The minimum absolute atomic E-state index is 0.224. The Hall–Kier alpha value is -2.65. The monoisotopic (exact) mass is 285 g/mol. The van der Waals surface area contributed by atoms with Gasteiger partial charge in [-0.25, -0.2) is 0 Å². The Bertz CT molecular complexity index is 683. The van der Waals surface area contributed by atoms with Gasteiger partial charge in [-0.1, -0.05) is 29.1 Å². The number of benzene rings is 1. The third-order valence-electron chi connectivity index (χ3n) is 2.68. The minimum Gasteiger partial charge on any atom is -0.384 e. The number of carbonyl (C=O) groups excluding carboxylic acids is 1. The predicted octanol–water partition coefficient (Wildman–Crippen LogP) is 0.694. The highest BCUT2D eigenvalue weighted by Gasteiger charge is 2.09. The molecule has 2 aromatic rings. The second kappa shape index (κ2) is 7.22. The van der Waals surface area contributed by atoms with Gasteiger partial charge in [-0.05, 0) is 12.1 Å². The molecule has 108 valence electrons. The maximum atomic E-state index is 12.1. The molecule has 0 saturated heterocycles. The number of nitrogens with one attached hydrogen (secondary N) is 1. The lowest BCUT2D eigenvalue weighted by Gasteiger charge is -2.05. The number of hydrogen-bond donors (Lipinski definition) is 2. The molecule has 0 aliphatic rings. The van der Waals surface area contributed by atoms with E-state index in [1.165, 1.54) is 0 Å². The summed E-state index contributed by atoms with van der Waals surface area (Å²) in [6.07, 6.45) is 0.494. The number of aliphatic hydroxyl groups is 1. The largest absolute Gasteiger partial charge is 0.384 e. The van der Waals surface area contributed by atoms with E-state index in [2.05, 4.69) is 27.3 Å². The molecule has 21 heavy (non-hydrogen) atoms. The lowest BCUT2D eigenvalue weighted by Crippen LogP contribution is -2.26. The van der Waals surface area contributed by atoms with E-state index < -0.39 is 0 Å². The van der Waals surface area contributed by atoms with Crippen molar-refractivity contribution in [2.45, 2.75) is 13.3 Å². The van der Waals surface area contributed by atoms with Crippen LogP contribution in [-0.2, 0) is 6.42 Å². The van der Waals surface area contributed by atoms with Gasteiger partial charge in [0.15, 0.2) is 5.82 Å². The van der Waals surface area contributed by atoms with E-state index in [1.807, 2.05) is 0 Å². The number of aliphatic hydroxyl groups excluding tert-OH is 1. The summed E-state index contributed by atoms with van der Waals surface area (Å²) in [6, 6.07) is 6.98. The Labute approximate surface area is 122 Å². The van der Waals surface area contributed by atoms with E-state index in [-0.39, 0.29) is 12.5 Å². The standard InChI is InChI=1S/C15H15N3O3/c1-11-17-14(18-21-11)8-9-16-15(20)13-7-3-2-5-12(13)6-4-10-19/h2-3,5,7,19H,8-10H2,1H3,(H,16,20). The second-order valence-electron chi connectivity index (χ2n) is 4.24. The van der Waals surface area contributed by atoms with Gasteiger partial charge in [-0.15, -0.1) is 0 Å². The zero-order valence-corrected chi connectivity index (χ0v) is 11.6. The second-order valence-corrected chi connectivity index (χ2v) is 4.24. The van der Waals surface area contributed by atoms with Crippen LogP contribution in [0.4, 0.5) is 0 Å². The summed E-state index contributed by atoms with van der Waals surface area (Å²) < 4.78 is 4.85. The van der Waals surface area contributed by atoms with Crippen LogP contribution in [0.1, 0.15) is 27.6 Å². The number of nitrogens with zero attached hydrogens (tertiary/aromatic N) is 2. The van der Waals surface area contributed by atoms with Gasteiger partial charge in [0.25, 0.3) is 5.91 Å². The van der Waals surface area contributed by atoms with Gasteiger partial charge in [0, 0.05) is 25.5 Å². The van der Waals surface area contributed by atoms with E-state index in [9.17, 15) is 4.79 Å². The molecule has 0 fully saturated rings. The summed E-state index contributed by atoms with van der Waals surface area (Å²) >= 11 is 0. The van der Waals surface area contributed by atoms with Gasteiger partial charge in [0.1, 0.15) is 6.61 Å². The van der Waals surface area contributed by atoms with Gasteiger partial charge in [0.05, 0.1) is 5.56 Å². The van der Waals surface area contributed by atoms with Crippen molar-refractivity contribution in [1.82, 2.24) is 15.5 Å². The molecule has 0 atom stereocenters. The van der Waals surface area contributed by atoms with Crippen LogP contribution in [-0.4, -0.2) is 34.3 Å². The first-order valence-electron chi connectivity index (χ1n) is 6.47. The van der Waals surface area contributed by atoms with Crippen LogP contribution in [0.5, 0.6) is 0 Å². The Kier molecular flexibility index (Phi) is 5.07. The molecule has 1 amide bonds. The highest BCUT2D eigenvalue weighted by atomic mass is 16.5. The van der Waals surface area contributed by atoms with Crippen LogP contribution in [0.15, 0.2) is 28.8 Å². The zero-order chi connectivity index (χ0) is 15.1. The lowest BCUT2D eigenvalue weighted by atomic mass is 10.1. The predicted molar refractivity (Wildman–Crippen MR) is 75.5 cm³/mol. The molecule has 0 saturated carbocycles.